The zero-order valence-electron chi connectivity index (χ0n) is 13.1. The Morgan fingerprint density at radius 3 is 2.60 bits per heavy atom. The number of nitrogens with zero attached hydrogens (tertiary/aromatic N) is 2. The first-order chi connectivity index (χ1) is 12.1. The third-order valence-electron chi connectivity index (χ3n) is 4.02. The molecule has 0 spiro atoms. The van der Waals surface area contributed by atoms with Gasteiger partial charge in [-0.1, -0.05) is 17.7 Å². The van der Waals surface area contributed by atoms with Gasteiger partial charge in [-0.05, 0) is 42.5 Å². The first-order valence-corrected chi connectivity index (χ1v) is 7.85. The van der Waals surface area contributed by atoms with Crippen molar-refractivity contribution in [3.63, 3.8) is 0 Å². The first-order valence-electron chi connectivity index (χ1n) is 7.47. The number of ether oxygens (including phenoxy) is 1. The van der Waals surface area contributed by atoms with Crippen molar-refractivity contribution in [1.29, 1.82) is 0 Å². The molecular weight excluding hydrogens is 342 g/mol. The largest absolute Gasteiger partial charge is 0.497 e. The molecule has 2 aromatic carbocycles. The summed E-state index contributed by atoms with van der Waals surface area (Å²) in [7, 11) is 1.58. The Hall–Kier alpha value is -3.12. The number of halogens is 1. The van der Waals surface area contributed by atoms with E-state index in [1.807, 2.05) is 24.3 Å². The van der Waals surface area contributed by atoms with Crippen molar-refractivity contribution in [3.8, 4) is 22.8 Å². The number of methoxy groups -OCH3 is 1. The topological polar surface area (TPSA) is 77.0 Å². The number of H-pyrrole nitrogens is 1. The molecule has 0 aromatic heterocycles. The van der Waals surface area contributed by atoms with Gasteiger partial charge in [0.05, 0.1) is 18.2 Å². The molecule has 4 rings (SSSR count). The lowest BCUT2D eigenvalue weighted by Gasteiger charge is -2.18. The van der Waals surface area contributed by atoms with E-state index in [4.69, 9.17) is 16.3 Å². The first kappa shape index (κ1) is 15.4. The second-order valence-corrected chi connectivity index (χ2v) is 5.87. The summed E-state index contributed by atoms with van der Waals surface area (Å²) < 4.78 is 6.93. The van der Waals surface area contributed by atoms with Gasteiger partial charge < -0.3 is 4.74 Å². The van der Waals surface area contributed by atoms with Crippen LogP contribution in [0.15, 0.2) is 58.1 Å². The molecule has 0 atom stereocenters. The van der Waals surface area contributed by atoms with Gasteiger partial charge in [-0.15, -0.1) is 0 Å². The van der Waals surface area contributed by atoms with E-state index in [9.17, 15) is 9.59 Å². The summed E-state index contributed by atoms with van der Waals surface area (Å²) in [4.78, 5) is 30.2. The maximum atomic E-state index is 12.3. The normalized spacial score (nSPS) is 11.1. The molecule has 0 amide bonds. The van der Waals surface area contributed by atoms with Crippen molar-refractivity contribution in [2.45, 2.75) is 0 Å². The van der Waals surface area contributed by atoms with Crippen molar-refractivity contribution >= 4 is 22.5 Å². The molecule has 1 N–H and O–H groups in total. The Morgan fingerprint density at radius 1 is 1.12 bits per heavy atom. The molecule has 6 nitrogen and oxygen atoms in total. The van der Waals surface area contributed by atoms with Crippen LogP contribution in [0.3, 0.4) is 0 Å². The molecule has 0 saturated carbocycles. The molecule has 2 aliphatic rings. The summed E-state index contributed by atoms with van der Waals surface area (Å²) in [6.45, 7) is 0. The number of fused-ring (bicyclic) bond motifs is 2. The molecule has 7 heteroatoms. The van der Waals surface area contributed by atoms with Gasteiger partial charge in [0.1, 0.15) is 5.75 Å². The Morgan fingerprint density at radius 2 is 1.88 bits per heavy atom. The van der Waals surface area contributed by atoms with Crippen molar-refractivity contribution in [2.75, 3.05) is 7.11 Å². The third kappa shape index (κ3) is 2.47. The van der Waals surface area contributed by atoms with Crippen molar-refractivity contribution < 1.29 is 4.74 Å². The monoisotopic (exact) mass is 353 g/mol. The van der Waals surface area contributed by atoms with E-state index in [0.29, 0.717) is 16.2 Å². The van der Waals surface area contributed by atoms with Gasteiger partial charge in [-0.3, -0.25) is 14.3 Å². The fraction of sp³-hybridized carbons (Fsp3) is 0.0556. The summed E-state index contributed by atoms with van der Waals surface area (Å²) in [6.07, 6.45) is 0. The fourth-order valence-corrected chi connectivity index (χ4v) is 3.09. The van der Waals surface area contributed by atoms with Crippen LogP contribution < -0.4 is 16.0 Å². The van der Waals surface area contributed by atoms with Gasteiger partial charge in [0, 0.05) is 16.1 Å². The summed E-state index contributed by atoms with van der Waals surface area (Å²) >= 11 is 6.32. The second-order valence-electron chi connectivity index (χ2n) is 5.46. The third-order valence-corrected chi connectivity index (χ3v) is 4.34. The number of nitrogens with one attached hydrogen (secondary N) is 1. The van der Waals surface area contributed by atoms with Crippen LogP contribution >= 0.6 is 11.6 Å². The average Bonchev–Trinajstić information content (AvgIpc) is 2.61. The summed E-state index contributed by atoms with van der Waals surface area (Å²) in [5.74, 6) is 0.968. The zero-order valence-corrected chi connectivity index (χ0v) is 13.9. The number of pyridine rings is 1. The van der Waals surface area contributed by atoms with Gasteiger partial charge in [0.15, 0.2) is 5.82 Å². The summed E-state index contributed by atoms with van der Waals surface area (Å²) in [5, 5.41) is 1.20. The van der Waals surface area contributed by atoms with Gasteiger partial charge >= 0.3 is 5.69 Å². The number of aromatic nitrogens is 3. The van der Waals surface area contributed by atoms with Crippen molar-refractivity contribution in [3.05, 3.63) is 74.4 Å². The molecular formula is C18H12ClN3O3. The molecule has 124 valence electrons. The Kier molecular flexibility index (Phi) is 3.54. The van der Waals surface area contributed by atoms with Gasteiger partial charge in [-0.25, -0.2) is 4.79 Å². The highest BCUT2D eigenvalue weighted by Gasteiger charge is 2.19. The smallest absolute Gasteiger partial charge is 0.349 e. The van der Waals surface area contributed by atoms with E-state index in [1.54, 1.807) is 35.9 Å². The molecule has 0 unspecified atom stereocenters. The van der Waals surface area contributed by atoms with Crippen LogP contribution in [0.25, 0.3) is 28.0 Å². The maximum Gasteiger partial charge on any atom is 0.349 e. The van der Waals surface area contributed by atoms with E-state index in [-0.39, 0.29) is 11.4 Å². The van der Waals surface area contributed by atoms with Crippen LogP contribution in [-0.2, 0) is 0 Å². The Labute approximate surface area is 146 Å². The van der Waals surface area contributed by atoms with Crippen LogP contribution in [0.1, 0.15) is 0 Å². The fourth-order valence-electron chi connectivity index (χ4n) is 2.87. The lowest BCUT2D eigenvalue weighted by atomic mass is 10.1. The highest BCUT2D eigenvalue weighted by Crippen LogP contribution is 2.32. The van der Waals surface area contributed by atoms with Crippen LogP contribution in [0.5, 0.6) is 5.75 Å². The van der Waals surface area contributed by atoms with Gasteiger partial charge in [-0.2, -0.15) is 4.98 Å². The molecule has 25 heavy (non-hydrogen) atoms. The quantitative estimate of drug-likeness (QED) is 0.562. The molecule has 0 fully saturated rings. The highest BCUT2D eigenvalue weighted by molar-refractivity contribution is 6.35. The molecule has 2 aromatic rings. The number of hydrogen-bond donors (Lipinski definition) is 1. The molecule has 2 aliphatic heterocycles. The van der Waals surface area contributed by atoms with Crippen LogP contribution in [0.2, 0.25) is 5.02 Å². The molecule has 0 bridgehead atoms. The van der Waals surface area contributed by atoms with Crippen molar-refractivity contribution in [1.82, 2.24) is 14.5 Å². The minimum atomic E-state index is -0.693. The number of hydrogen-bond acceptors (Lipinski definition) is 4. The summed E-state index contributed by atoms with van der Waals surface area (Å²) in [6, 6.07) is 14.3. The minimum Gasteiger partial charge on any atom is -0.497 e. The van der Waals surface area contributed by atoms with Gasteiger partial charge in [0.25, 0.3) is 5.56 Å². The van der Waals surface area contributed by atoms with E-state index < -0.39 is 11.2 Å². The SMILES string of the molecule is COc1ccc(-n2c3nc(=O)[nH]c(=O)c-3cc3c(Cl)cccc32)cc1. The zero-order chi connectivity index (χ0) is 17.6. The van der Waals surface area contributed by atoms with Crippen molar-refractivity contribution in [2.24, 2.45) is 0 Å². The number of aromatic amines is 1. The number of rotatable bonds is 2. The molecule has 2 heterocycles. The second kappa shape index (κ2) is 5.75. The minimum absolute atomic E-state index is 0.272. The lowest BCUT2D eigenvalue weighted by Crippen LogP contribution is -2.27. The average molecular weight is 354 g/mol. The van der Waals surface area contributed by atoms with Crippen LogP contribution in [-0.4, -0.2) is 21.6 Å². The van der Waals surface area contributed by atoms with E-state index >= 15 is 0 Å². The number of benzene rings is 2. The van der Waals surface area contributed by atoms with E-state index in [0.717, 1.165) is 11.2 Å². The predicted molar refractivity (Wildman–Crippen MR) is 96.1 cm³/mol. The Balaban J connectivity index is 2.20. The van der Waals surface area contributed by atoms with Gasteiger partial charge in [0.2, 0.25) is 0 Å². The highest BCUT2D eigenvalue weighted by atomic mass is 35.5. The standard InChI is InChI=1S/C18H12ClN3O3/c1-25-11-7-5-10(6-8-11)22-15-4-2-3-14(19)12(15)9-13-16(22)20-18(24)21-17(13)23/h2-9H,1H3,(H,21,23,24). The van der Waals surface area contributed by atoms with Crippen LogP contribution in [0.4, 0.5) is 0 Å². The molecule has 0 aliphatic carbocycles. The summed E-state index contributed by atoms with van der Waals surface area (Å²) in [5.41, 5.74) is 0.565. The molecule has 0 saturated heterocycles. The van der Waals surface area contributed by atoms with E-state index in [2.05, 4.69) is 9.97 Å². The maximum absolute atomic E-state index is 12.3. The van der Waals surface area contributed by atoms with Crippen LogP contribution in [0, 0.1) is 0 Å². The van der Waals surface area contributed by atoms with E-state index in [1.165, 1.54) is 0 Å². The molecule has 0 radical (unpaired) electrons. The predicted octanol–water partition coefficient (Wildman–Crippen LogP) is 2.84. The Bertz CT molecular complexity index is 1180. The lowest BCUT2D eigenvalue weighted by molar-refractivity contribution is 0.415.